The molecule has 6 heteroatoms. The number of benzene rings is 2. The lowest BCUT2D eigenvalue weighted by Gasteiger charge is -2.15. The summed E-state index contributed by atoms with van der Waals surface area (Å²) in [4.78, 5) is 27.6. The van der Waals surface area contributed by atoms with E-state index in [1.165, 1.54) is 4.90 Å². The maximum absolute atomic E-state index is 13.2. The molecule has 6 nitrogen and oxygen atoms in total. The number of ether oxygens (including phenoxy) is 2. The first-order chi connectivity index (χ1) is 14.5. The average Bonchev–Trinajstić information content (AvgIpc) is 2.97. The Hall–Kier alpha value is -3.12. The summed E-state index contributed by atoms with van der Waals surface area (Å²) in [5, 5.41) is 3.17. The number of nitrogens with one attached hydrogen (secondary N) is 1. The molecule has 0 aromatic heterocycles. The molecule has 1 N–H and O–H groups in total. The second kappa shape index (κ2) is 10.1. The van der Waals surface area contributed by atoms with Gasteiger partial charge in [-0.2, -0.15) is 0 Å². The SMILES string of the molecule is CCOCCCN1C(=O)C(Nc2ccc(C)cc2)=C(c2ccc(OCC)cc2)C1=O. The van der Waals surface area contributed by atoms with Crippen molar-refractivity contribution < 1.29 is 19.1 Å². The van der Waals surface area contributed by atoms with Crippen molar-refractivity contribution in [2.45, 2.75) is 27.2 Å². The molecule has 0 spiro atoms. The highest BCUT2D eigenvalue weighted by atomic mass is 16.5. The molecule has 0 fully saturated rings. The first-order valence-corrected chi connectivity index (χ1v) is 10.3. The van der Waals surface area contributed by atoms with E-state index in [1.807, 2.05) is 69.3 Å². The molecule has 0 saturated carbocycles. The molecular weight excluding hydrogens is 380 g/mol. The normalized spacial score (nSPS) is 13.9. The third kappa shape index (κ3) is 4.89. The second-order valence-corrected chi connectivity index (χ2v) is 7.01. The van der Waals surface area contributed by atoms with Crippen molar-refractivity contribution in [1.29, 1.82) is 0 Å². The number of nitrogens with zero attached hydrogens (tertiary/aromatic N) is 1. The van der Waals surface area contributed by atoms with E-state index in [9.17, 15) is 9.59 Å². The number of carbonyl (C=O) groups excluding carboxylic acids is 2. The Morgan fingerprint density at radius 1 is 0.900 bits per heavy atom. The Labute approximate surface area is 177 Å². The average molecular weight is 408 g/mol. The van der Waals surface area contributed by atoms with E-state index < -0.39 is 0 Å². The van der Waals surface area contributed by atoms with Gasteiger partial charge in [0.05, 0.1) is 12.2 Å². The van der Waals surface area contributed by atoms with Crippen LogP contribution in [0.1, 0.15) is 31.4 Å². The van der Waals surface area contributed by atoms with Crippen molar-refractivity contribution in [3.05, 3.63) is 65.4 Å². The molecule has 158 valence electrons. The van der Waals surface area contributed by atoms with Crippen molar-refractivity contribution in [3.63, 3.8) is 0 Å². The zero-order chi connectivity index (χ0) is 21.5. The summed E-state index contributed by atoms with van der Waals surface area (Å²) in [7, 11) is 0. The fourth-order valence-corrected chi connectivity index (χ4v) is 3.30. The van der Waals surface area contributed by atoms with E-state index in [1.54, 1.807) is 0 Å². The van der Waals surface area contributed by atoms with Crippen LogP contribution in [0.15, 0.2) is 54.2 Å². The fourth-order valence-electron chi connectivity index (χ4n) is 3.30. The fraction of sp³-hybridized carbons (Fsp3) is 0.333. The summed E-state index contributed by atoms with van der Waals surface area (Å²) >= 11 is 0. The third-order valence-electron chi connectivity index (χ3n) is 4.82. The van der Waals surface area contributed by atoms with E-state index >= 15 is 0 Å². The molecule has 0 unspecified atom stereocenters. The molecule has 3 rings (SSSR count). The summed E-state index contributed by atoms with van der Waals surface area (Å²) in [6, 6.07) is 15.0. The van der Waals surface area contributed by atoms with Gasteiger partial charge in [-0.25, -0.2) is 0 Å². The van der Waals surface area contributed by atoms with Gasteiger partial charge in [-0.05, 0) is 57.0 Å². The molecule has 2 aromatic carbocycles. The third-order valence-corrected chi connectivity index (χ3v) is 4.82. The molecule has 2 amide bonds. The summed E-state index contributed by atoms with van der Waals surface area (Å²) < 4.78 is 10.8. The van der Waals surface area contributed by atoms with Gasteiger partial charge in [0.1, 0.15) is 11.4 Å². The highest BCUT2D eigenvalue weighted by molar-refractivity contribution is 6.36. The predicted octanol–water partition coefficient (Wildman–Crippen LogP) is 4.01. The number of carbonyl (C=O) groups is 2. The lowest BCUT2D eigenvalue weighted by molar-refractivity contribution is -0.137. The Kier molecular flexibility index (Phi) is 7.25. The van der Waals surface area contributed by atoms with Crippen molar-refractivity contribution in [3.8, 4) is 5.75 Å². The van der Waals surface area contributed by atoms with Gasteiger partial charge in [0.25, 0.3) is 11.8 Å². The van der Waals surface area contributed by atoms with Crippen LogP contribution in [0.4, 0.5) is 5.69 Å². The van der Waals surface area contributed by atoms with Crippen LogP contribution < -0.4 is 10.1 Å². The highest BCUT2D eigenvalue weighted by Gasteiger charge is 2.38. The molecule has 2 aromatic rings. The molecule has 0 bridgehead atoms. The van der Waals surface area contributed by atoms with Crippen molar-refractivity contribution in [2.75, 3.05) is 31.7 Å². The summed E-state index contributed by atoms with van der Waals surface area (Å²) in [5.41, 5.74) is 3.23. The molecule has 30 heavy (non-hydrogen) atoms. The molecule has 1 aliphatic rings. The Morgan fingerprint density at radius 2 is 1.60 bits per heavy atom. The maximum atomic E-state index is 13.2. The summed E-state index contributed by atoms with van der Waals surface area (Å²) in [5.74, 6) is 0.108. The second-order valence-electron chi connectivity index (χ2n) is 7.01. The van der Waals surface area contributed by atoms with Crippen molar-refractivity contribution in [2.24, 2.45) is 0 Å². The number of aryl methyl sites for hydroxylation is 1. The van der Waals surface area contributed by atoms with Gasteiger partial charge in [-0.1, -0.05) is 29.8 Å². The van der Waals surface area contributed by atoms with E-state index in [2.05, 4.69) is 5.32 Å². The Morgan fingerprint density at radius 3 is 2.23 bits per heavy atom. The number of hydrogen-bond donors (Lipinski definition) is 1. The molecule has 1 aliphatic heterocycles. The van der Waals surface area contributed by atoms with Crippen molar-refractivity contribution in [1.82, 2.24) is 4.90 Å². The minimum Gasteiger partial charge on any atom is -0.494 e. The number of anilines is 1. The van der Waals surface area contributed by atoms with Crippen LogP contribution >= 0.6 is 0 Å². The number of amides is 2. The lowest BCUT2D eigenvalue weighted by Crippen LogP contribution is -2.34. The highest BCUT2D eigenvalue weighted by Crippen LogP contribution is 2.31. The molecule has 0 saturated heterocycles. The molecule has 1 heterocycles. The minimum atomic E-state index is -0.319. The molecule has 0 atom stereocenters. The van der Waals surface area contributed by atoms with Gasteiger partial charge >= 0.3 is 0 Å². The van der Waals surface area contributed by atoms with Crippen LogP contribution in [-0.4, -0.2) is 43.1 Å². The summed E-state index contributed by atoms with van der Waals surface area (Å²) in [6.07, 6.45) is 0.597. The van der Waals surface area contributed by atoms with E-state index in [4.69, 9.17) is 9.47 Å². The standard InChI is InChI=1S/C24H28N2O4/c1-4-29-16-6-15-26-23(27)21(18-9-13-20(14-10-18)30-5-2)22(24(26)28)25-19-11-7-17(3)8-12-19/h7-14,25H,4-6,15-16H2,1-3H3. The van der Waals surface area contributed by atoms with Gasteiger partial charge in [0.15, 0.2) is 0 Å². The predicted molar refractivity (Wildman–Crippen MR) is 117 cm³/mol. The first kappa shape index (κ1) is 21.6. The number of rotatable bonds is 10. The summed E-state index contributed by atoms with van der Waals surface area (Å²) in [6.45, 7) is 7.83. The minimum absolute atomic E-state index is 0.296. The van der Waals surface area contributed by atoms with Gasteiger partial charge in [-0.15, -0.1) is 0 Å². The number of imide groups is 1. The smallest absolute Gasteiger partial charge is 0.278 e. The maximum Gasteiger partial charge on any atom is 0.278 e. The lowest BCUT2D eigenvalue weighted by atomic mass is 10.0. The van der Waals surface area contributed by atoms with Crippen LogP contribution in [0.25, 0.3) is 5.57 Å². The quantitative estimate of drug-likeness (QED) is 0.475. The van der Waals surface area contributed by atoms with Gasteiger partial charge in [0.2, 0.25) is 0 Å². The molecular formula is C24H28N2O4. The zero-order valence-corrected chi connectivity index (χ0v) is 17.7. The van der Waals surface area contributed by atoms with Gasteiger partial charge < -0.3 is 14.8 Å². The monoisotopic (exact) mass is 408 g/mol. The Bertz CT molecular complexity index is 917. The number of hydrogen-bond acceptors (Lipinski definition) is 5. The molecule has 0 aliphatic carbocycles. The topological polar surface area (TPSA) is 67.9 Å². The first-order valence-electron chi connectivity index (χ1n) is 10.3. The van der Waals surface area contributed by atoms with E-state index in [0.717, 1.165) is 17.0 Å². The van der Waals surface area contributed by atoms with E-state index in [0.29, 0.717) is 49.6 Å². The zero-order valence-electron chi connectivity index (χ0n) is 17.7. The largest absolute Gasteiger partial charge is 0.494 e. The van der Waals surface area contributed by atoms with Crippen LogP contribution in [-0.2, 0) is 14.3 Å². The van der Waals surface area contributed by atoms with Crippen molar-refractivity contribution >= 4 is 23.1 Å². The van der Waals surface area contributed by atoms with Gasteiger partial charge in [0, 0.05) is 25.4 Å². The Balaban J connectivity index is 1.91. The van der Waals surface area contributed by atoms with E-state index in [-0.39, 0.29) is 11.8 Å². The van der Waals surface area contributed by atoms with Crippen LogP contribution in [0.3, 0.4) is 0 Å². The van der Waals surface area contributed by atoms with Gasteiger partial charge in [-0.3, -0.25) is 14.5 Å². The van der Waals surface area contributed by atoms with Crippen LogP contribution in [0, 0.1) is 6.92 Å². The molecule has 0 radical (unpaired) electrons. The van der Waals surface area contributed by atoms with Crippen LogP contribution in [0.5, 0.6) is 5.75 Å². The van der Waals surface area contributed by atoms with Crippen LogP contribution in [0.2, 0.25) is 0 Å².